The molecule has 0 fully saturated rings. The van der Waals surface area contributed by atoms with Crippen molar-refractivity contribution in [3.63, 3.8) is 0 Å². The molecule has 0 aliphatic heterocycles. The number of rotatable bonds is 8. The van der Waals surface area contributed by atoms with Gasteiger partial charge in [0.25, 0.3) is 0 Å². The first-order valence-corrected chi connectivity index (χ1v) is 10.2. The summed E-state index contributed by atoms with van der Waals surface area (Å²) in [6.07, 6.45) is 1.28. The Morgan fingerprint density at radius 2 is 1.78 bits per heavy atom. The maximum absolute atomic E-state index is 12.4. The summed E-state index contributed by atoms with van der Waals surface area (Å²) in [6, 6.07) is 12.0. The van der Waals surface area contributed by atoms with E-state index in [4.69, 9.17) is 9.47 Å². The predicted octanol–water partition coefficient (Wildman–Crippen LogP) is 2.50. The molecule has 2 aromatic rings. The molecule has 7 nitrogen and oxygen atoms in total. The van der Waals surface area contributed by atoms with E-state index in [-0.39, 0.29) is 18.4 Å². The molecular formula is C19H24N2O5S. The number of hydrogen-bond donors (Lipinski definition) is 2. The van der Waals surface area contributed by atoms with E-state index in [1.165, 1.54) is 0 Å². The maximum Gasteiger partial charge on any atom is 0.229 e. The molecule has 0 aromatic heterocycles. The zero-order valence-electron chi connectivity index (χ0n) is 15.8. The van der Waals surface area contributed by atoms with Crippen LogP contribution in [0, 0.1) is 0 Å². The summed E-state index contributed by atoms with van der Waals surface area (Å²) in [7, 11) is -0.258. The van der Waals surface area contributed by atoms with Gasteiger partial charge in [0, 0.05) is 5.69 Å². The van der Waals surface area contributed by atoms with Crippen molar-refractivity contribution < 1.29 is 22.7 Å². The summed E-state index contributed by atoms with van der Waals surface area (Å²) in [5, 5.41) is 2.91. The van der Waals surface area contributed by atoms with E-state index in [0.29, 0.717) is 17.2 Å². The summed E-state index contributed by atoms with van der Waals surface area (Å²) in [6.45, 7) is 1.84. The maximum atomic E-state index is 12.4. The smallest absolute Gasteiger partial charge is 0.229 e. The van der Waals surface area contributed by atoms with Gasteiger partial charge in [-0.2, -0.15) is 0 Å². The van der Waals surface area contributed by atoms with E-state index < -0.39 is 10.0 Å². The summed E-state index contributed by atoms with van der Waals surface area (Å²) in [5.74, 6) is 1.01. The SMILES string of the molecule is COc1ccc(CC(=O)NC(C)c2cccc(NS(C)(=O)=O)c2)cc1OC. The second-order valence-electron chi connectivity index (χ2n) is 6.16. The Kier molecular flexibility index (Phi) is 6.68. The second-order valence-corrected chi connectivity index (χ2v) is 7.90. The minimum Gasteiger partial charge on any atom is -0.493 e. The number of amides is 1. The molecule has 0 saturated heterocycles. The quantitative estimate of drug-likeness (QED) is 0.720. The van der Waals surface area contributed by atoms with Crippen molar-refractivity contribution in [3.05, 3.63) is 53.6 Å². The molecule has 0 heterocycles. The molecule has 0 aliphatic rings. The number of carbonyl (C=O) groups excluding carboxylic acids is 1. The zero-order valence-corrected chi connectivity index (χ0v) is 16.6. The molecule has 0 aliphatic carbocycles. The van der Waals surface area contributed by atoms with Crippen molar-refractivity contribution >= 4 is 21.6 Å². The van der Waals surface area contributed by atoms with E-state index in [1.54, 1.807) is 44.6 Å². The third-order valence-corrected chi connectivity index (χ3v) is 4.49. The molecule has 27 heavy (non-hydrogen) atoms. The first-order chi connectivity index (χ1) is 12.7. The average Bonchev–Trinajstić information content (AvgIpc) is 2.60. The second kappa shape index (κ2) is 8.77. The van der Waals surface area contributed by atoms with Crippen LogP contribution in [0.1, 0.15) is 24.1 Å². The van der Waals surface area contributed by atoms with Gasteiger partial charge >= 0.3 is 0 Å². The fourth-order valence-electron chi connectivity index (χ4n) is 2.64. The fraction of sp³-hybridized carbons (Fsp3) is 0.316. The molecule has 146 valence electrons. The van der Waals surface area contributed by atoms with Crippen LogP contribution in [0.15, 0.2) is 42.5 Å². The van der Waals surface area contributed by atoms with Gasteiger partial charge in [0.05, 0.1) is 32.9 Å². The first kappa shape index (κ1) is 20.6. The van der Waals surface area contributed by atoms with E-state index in [0.717, 1.165) is 17.4 Å². The molecule has 2 N–H and O–H groups in total. The number of benzene rings is 2. The third kappa shape index (κ3) is 6.18. The van der Waals surface area contributed by atoms with Crippen LogP contribution in [0.25, 0.3) is 0 Å². The molecule has 0 saturated carbocycles. The van der Waals surface area contributed by atoms with Crippen LogP contribution < -0.4 is 19.5 Å². The Morgan fingerprint density at radius 3 is 2.41 bits per heavy atom. The van der Waals surface area contributed by atoms with E-state index >= 15 is 0 Å². The van der Waals surface area contributed by atoms with Crippen LogP contribution >= 0.6 is 0 Å². The number of hydrogen-bond acceptors (Lipinski definition) is 5. The van der Waals surface area contributed by atoms with E-state index in [2.05, 4.69) is 10.0 Å². The van der Waals surface area contributed by atoms with Crippen LogP contribution in [-0.4, -0.2) is 34.8 Å². The Hall–Kier alpha value is -2.74. The van der Waals surface area contributed by atoms with Gasteiger partial charge in [-0.25, -0.2) is 8.42 Å². The highest BCUT2D eigenvalue weighted by atomic mass is 32.2. The normalized spacial score (nSPS) is 12.1. The van der Waals surface area contributed by atoms with Gasteiger partial charge in [-0.1, -0.05) is 18.2 Å². The third-order valence-electron chi connectivity index (χ3n) is 3.88. The van der Waals surface area contributed by atoms with Gasteiger partial charge in [0.2, 0.25) is 15.9 Å². The molecule has 1 atom stereocenters. The molecule has 2 aromatic carbocycles. The standard InChI is InChI=1S/C19H24N2O5S/c1-13(15-6-5-7-16(12-15)21-27(4,23)24)20-19(22)11-14-8-9-17(25-2)18(10-14)26-3/h5-10,12-13,21H,11H2,1-4H3,(H,20,22). The topological polar surface area (TPSA) is 93.7 Å². The van der Waals surface area contributed by atoms with Crippen molar-refractivity contribution in [1.29, 1.82) is 0 Å². The summed E-state index contributed by atoms with van der Waals surface area (Å²) < 4.78 is 35.6. The predicted molar refractivity (Wildman–Crippen MR) is 105 cm³/mol. The van der Waals surface area contributed by atoms with Gasteiger partial charge < -0.3 is 14.8 Å². The van der Waals surface area contributed by atoms with Crippen molar-refractivity contribution in [3.8, 4) is 11.5 Å². The lowest BCUT2D eigenvalue weighted by Gasteiger charge is -2.16. The lowest BCUT2D eigenvalue weighted by molar-refractivity contribution is -0.121. The number of carbonyl (C=O) groups is 1. The van der Waals surface area contributed by atoms with Crippen LogP contribution in [0.3, 0.4) is 0 Å². The largest absolute Gasteiger partial charge is 0.493 e. The first-order valence-electron chi connectivity index (χ1n) is 8.30. The van der Waals surface area contributed by atoms with Gasteiger partial charge in [-0.3, -0.25) is 9.52 Å². The molecule has 1 amide bonds. The van der Waals surface area contributed by atoms with Crippen molar-refractivity contribution in [2.45, 2.75) is 19.4 Å². The fourth-order valence-corrected chi connectivity index (χ4v) is 3.19. The number of nitrogens with one attached hydrogen (secondary N) is 2. The molecular weight excluding hydrogens is 368 g/mol. The van der Waals surface area contributed by atoms with Gasteiger partial charge in [-0.15, -0.1) is 0 Å². The summed E-state index contributed by atoms with van der Waals surface area (Å²) in [4.78, 5) is 12.4. The molecule has 0 spiro atoms. The van der Waals surface area contributed by atoms with Crippen LogP contribution in [0.5, 0.6) is 11.5 Å². The monoisotopic (exact) mass is 392 g/mol. The van der Waals surface area contributed by atoms with Crippen LogP contribution in [0.2, 0.25) is 0 Å². The molecule has 2 rings (SSSR count). The number of sulfonamides is 1. The number of anilines is 1. The van der Waals surface area contributed by atoms with Crippen LogP contribution in [0.4, 0.5) is 5.69 Å². The Labute approximate surface area is 159 Å². The Balaban J connectivity index is 2.04. The highest BCUT2D eigenvalue weighted by Crippen LogP contribution is 2.27. The molecule has 1 unspecified atom stereocenters. The van der Waals surface area contributed by atoms with E-state index in [9.17, 15) is 13.2 Å². The molecule has 0 radical (unpaired) electrons. The summed E-state index contributed by atoms with van der Waals surface area (Å²) >= 11 is 0. The minimum atomic E-state index is -3.36. The Morgan fingerprint density at radius 1 is 1.07 bits per heavy atom. The number of methoxy groups -OCH3 is 2. The lowest BCUT2D eigenvalue weighted by Crippen LogP contribution is -2.28. The van der Waals surface area contributed by atoms with Gasteiger partial charge in [0.15, 0.2) is 11.5 Å². The van der Waals surface area contributed by atoms with Gasteiger partial charge in [0.1, 0.15) is 0 Å². The van der Waals surface area contributed by atoms with E-state index in [1.807, 2.05) is 19.1 Å². The van der Waals surface area contributed by atoms with Crippen molar-refractivity contribution in [2.75, 3.05) is 25.2 Å². The lowest BCUT2D eigenvalue weighted by atomic mass is 10.1. The van der Waals surface area contributed by atoms with Crippen LogP contribution in [-0.2, 0) is 21.2 Å². The summed E-state index contributed by atoms with van der Waals surface area (Å²) in [5.41, 5.74) is 2.05. The Bertz CT molecular complexity index is 912. The zero-order chi connectivity index (χ0) is 20.0. The molecule has 8 heteroatoms. The highest BCUT2D eigenvalue weighted by molar-refractivity contribution is 7.92. The highest BCUT2D eigenvalue weighted by Gasteiger charge is 2.13. The van der Waals surface area contributed by atoms with Crippen molar-refractivity contribution in [2.24, 2.45) is 0 Å². The number of ether oxygens (including phenoxy) is 2. The molecule has 0 bridgehead atoms. The minimum absolute atomic E-state index is 0.156. The average molecular weight is 392 g/mol. The van der Waals surface area contributed by atoms with Gasteiger partial charge in [-0.05, 0) is 42.3 Å². The van der Waals surface area contributed by atoms with Crippen molar-refractivity contribution in [1.82, 2.24) is 5.32 Å².